The molecule has 138 valence electrons. The molecular formula is C20H21N5OS. The number of aromatic nitrogens is 3. The summed E-state index contributed by atoms with van der Waals surface area (Å²) in [4.78, 5) is 31.4. The van der Waals surface area contributed by atoms with Gasteiger partial charge in [-0.05, 0) is 38.5 Å². The van der Waals surface area contributed by atoms with Gasteiger partial charge in [-0.3, -0.25) is 4.79 Å². The highest BCUT2D eigenvalue weighted by Gasteiger charge is 2.31. The fourth-order valence-electron chi connectivity index (χ4n) is 3.38. The maximum atomic E-state index is 13.5. The van der Waals surface area contributed by atoms with Crippen LogP contribution < -0.4 is 9.80 Å². The molecule has 0 saturated heterocycles. The lowest BCUT2D eigenvalue weighted by Crippen LogP contribution is -2.38. The lowest BCUT2D eigenvalue weighted by Gasteiger charge is -2.28. The Bertz CT molecular complexity index is 972. The SMILES string of the molecule is Cc1nc(-c2ncccn2)sc1C(=O)N1c2ccccc2N(C)CCC1C. The van der Waals surface area contributed by atoms with Crippen molar-refractivity contribution in [1.29, 1.82) is 0 Å². The molecule has 0 fully saturated rings. The summed E-state index contributed by atoms with van der Waals surface area (Å²) in [5.41, 5.74) is 2.74. The van der Waals surface area contributed by atoms with E-state index < -0.39 is 0 Å². The van der Waals surface area contributed by atoms with Crippen molar-refractivity contribution < 1.29 is 4.79 Å². The average molecular weight is 379 g/mol. The summed E-state index contributed by atoms with van der Waals surface area (Å²) in [6.07, 6.45) is 4.27. The van der Waals surface area contributed by atoms with Gasteiger partial charge in [0.2, 0.25) is 0 Å². The zero-order valence-electron chi connectivity index (χ0n) is 15.6. The molecule has 3 heterocycles. The molecule has 3 aromatic rings. The average Bonchev–Trinajstić information content (AvgIpc) is 3.03. The quantitative estimate of drug-likeness (QED) is 0.678. The minimum Gasteiger partial charge on any atom is -0.373 e. The van der Waals surface area contributed by atoms with Crippen molar-refractivity contribution in [3.8, 4) is 10.8 Å². The van der Waals surface area contributed by atoms with E-state index in [1.165, 1.54) is 11.3 Å². The molecular weight excluding hydrogens is 358 g/mol. The number of fused-ring (bicyclic) bond motifs is 1. The van der Waals surface area contributed by atoms with E-state index >= 15 is 0 Å². The topological polar surface area (TPSA) is 62.2 Å². The third-order valence-corrected chi connectivity index (χ3v) is 5.98. The van der Waals surface area contributed by atoms with Crippen molar-refractivity contribution in [1.82, 2.24) is 15.0 Å². The van der Waals surface area contributed by atoms with Crippen molar-refractivity contribution in [3.63, 3.8) is 0 Å². The lowest BCUT2D eigenvalue weighted by atomic mass is 10.1. The van der Waals surface area contributed by atoms with Crippen molar-refractivity contribution in [3.05, 3.63) is 53.3 Å². The van der Waals surface area contributed by atoms with E-state index in [1.807, 2.05) is 30.0 Å². The van der Waals surface area contributed by atoms with Crippen LogP contribution in [-0.4, -0.2) is 40.5 Å². The number of benzene rings is 1. The Labute approximate surface area is 162 Å². The van der Waals surface area contributed by atoms with Gasteiger partial charge in [-0.25, -0.2) is 15.0 Å². The van der Waals surface area contributed by atoms with Crippen LogP contribution in [0, 0.1) is 6.92 Å². The number of carbonyl (C=O) groups excluding carboxylic acids is 1. The summed E-state index contributed by atoms with van der Waals surface area (Å²) in [5, 5.41) is 0.671. The molecule has 0 radical (unpaired) electrons. The van der Waals surface area contributed by atoms with Gasteiger partial charge in [-0.15, -0.1) is 11.3 Å². The monoisotopic (exact) mass is 379 g/mol. The van der Waals surface area contributed by atoms with Gasteiger partial charge in [0.1, 0.15) is 4.88 Å². The molecule has 1 amide bonds. The first-order valence-electron chi connectivity index (χ1n) is 8.95. The molecule has 2 aromatic heterocycles. The Morgan fingerprint density at radius 3 is 2.59 bits per heavy atom. The van der Waals surface area contributed by atoms with E-state index in [9.17, 15) is 4.79 Å². The number of nitrogens with zero attached hydrogens (tertiary/aromatic N) is 5. The van der Waals surface area contributed by atoms with Crippen molar-refractivity contribution in [2.24, 2.45) is 0 Å². The van der Waals surface area contributed by atoms with Crippen LogP contribution >= 0.6 is 11.3 Å². The molecule has 6 nitrogen and oxygen atoms in total. The minimum atomic E-state index is -0.0116. The van der Waals surface area contributed by atoms with Gasteiger partial charge in [-0.2, -0.15) is 0 Å². The van der Waals surface area contributed by atoms with Crippen LogP contribution in [0.2, 0.25) is 0 Å². The Balaban J connectivity index is 1.76. The number of aryl methyl sites for hydroxylation is 1. The number of carbonyl (C=O) groups is 1. The van der Waals surface area contributed by atoms with Gasteiger partial charge in [0.25, 0.3) is 5.91 Å². The number of anilines is 2. The van der Waals surface area contributed by atoms with Crippen molar-refractivity contribution in [2.45, 2.75) is 26.3 Å². The van der Waals surface area contributed by atoms with Crippen molar-refractivity contribution in [2.75, 3.05) is 23.4 Å². The molecule has 4 rings (SSSR count). The molecule has 0 bridgehead atoms. The van der Waals surface area contributed by atoms with Gasteiger partial charge in [-0.1, -0.05) is 12.1 Å². The number of hydrogen-bond acceptors (Lipinski definition) is 6. The Morgan fingerprint density at radius 2 is 1.85 bits per heavy atom. The van der Waals surface area contributed by atoms with Gasteiger partial charge >= 0.3 is 0 Å². The van der Waals surface area contributed by atoms with Crippen LogP contribution in [0.1, 0.15) is 28.7 Å². The number of rotatable bonds is 2. The second kappa shape index (κ2) is 7.08. The molecule has 7 heteroatoms. The third kappa shape index (κ3) is 3.19. The number of para-hydroxylation sites is 2. The Morgan fingerprint density at radius 1 is 1.15 bits per heavy atom. The second-order valence-corrected chi connectivity index (χ2v) is 7.73. The Hall–Kier alpha value is -2.80. The van der Waals surface area contributed by atoms with Gasteiger partial charge in [0, 0.05) is 32.0 Å². The van der Waals surface area contributed by atoms with Crippen LogP contribution in [0.5, 0.6) is 0 Å². The first-order valence-corrected chi connectivity index (χ1v) is 9.76. The molecule has 1 aliphatic heterocycles. The summed E-state index contributed by atoms with van der Waals surface area (Å²) < 4.78 is 0. The molecule has 27 heavy (non-hydrogen) atoms. The maximum Gasteiger partial charge on any atom is 0.270 e. The predicted octanol–water partition coefficient (Wildman–Crippen LogP) is 3.78. The second-order valence-electron chi connectivity index (χ2n) is 6.73. The van der Waals surface area contributed by atoms with Crippen LogP contribution in [0.3, 0.4) is 0 Å². The van der Waals surface area contributed by atoms with Crippen LogP contribution in [-0.2, 0) is 0 Å². The summed E-state index contributed by atoms with van der Waals surface area (Å²) in [6.45, 7) is 4.88. The molecule has 1 atom stereocenters. The molecule has 1 aromatic carbocycles. The molecule has 0 saturated carbocycles. The molecule has 1 aliphatic rings. The molecule has 1 unspecified atom stereocenters. The van der Waals surface area contributed by atoms with Crippen LogP contribution in [0.25, 0.3) is 10.8 Å². The van der Waals surface area contributed by atoms with E-state index in [4.69, 9.17) is 0 Å². The van der Waals surface area contributed by atoms with Gasteiger partial charge < -0.3 is 9.80 Å². The zero-order valence-corrected chi connectivity index (χ0v) is 16.4. The number of thiazole rings is 1. The summed E-state index contributed by atoms with van der Waals surface area (Å²) in [7, 11) is 2.07. The van der Waals surface area contributed by atoms with Crippen molar-refractivity contribution >= 4 is 28.6 Å². The highest BCUT2D eigenvalue weighted by Crippen LogP contribution is 2.36. The minimum absolute atomic E-state index is 0.0116. The van der Waals surface area contributed by atoms with E-state index in [2.05, 4.69) is 39.9 Å². The highest BCUT2D eigenvalue weighted by atomic mass is 32.1. The van der Waals surface area contributed by atoms with Crippen LogP contribution in [0.15, 0.2) is 42.7 Å². The standard InChI is InChI=1S/C20H21N5OS/c1-13-9-12-24(3)15-7-4-5-8-16(15)25(13)20(26)17-14(2)23-19(27-17)18-21-10-6-11-22-18/h4-8,10-11,13H,9,12H2,1-3H3. The largest absolute Gasteiger partial charge is 0.373 e. The summed E-state index contributed by atoms with van der Waals surface area (Å²) >= 11 is 1.36. The van der Waals surface area contributed by atoms with E-state index in [1.54, 1.807) is 18.5 Å². The van der Waals surface area contributed by atoms with Crippen LogP contribution in [0.4, 0.5) is 11.4 Å². The summed E-state index contributed by atoms with van der Waals surface area (Å²) in [5.74, 6) is 0.538. The number of hydrogen-bond donors (Lipinski definition) is 0. The normalized spacial score (nSPS) is 16.8. The highest BCUT2D eigenvalue weighted by molar-refractivity contribution is 7.17. The predicted molar refractivity (Wildman–Crippen MR) is 108 cm³/mol. The van der Waals surface area contributed by atoms with E-state index in [0.717, 1.165) is 30.0 Å². The smallest absolute Gasteiger partial charge is 0.270 e. The Kier molecular flexibility index (Phi) is 4.61. The third-order valence-electron chi connectivity index (χ3n) is 4.84. The summed E-state index contributed by atoms with van der Waals surface area (Å²) in [6, 6.07) is 9.94. The molecule has 0 aliphatic carbocycles. The van der Waals surface area contributed by atoms with E-state index in [-0.39, 0.29) is 11.9 Å². The first-order chi connectivity index (χ1) is 13.1. The molecule has 0 N–H and O–H groups in total. The number of amides is 1. The zero-order chi connectivity index (χ0) is 19.0. The fourth-order valence-corrected chi connectivity index (χ4v) is 4.33. The van der Waals surface area contributed by atoms with Gasteiger partial charge in [0.05, 0.1) is 17.1 Å². The van der Waals surface area contributed by atoms with Gasteiger partial charge in [0.15, 0.2) is 10.8 Å². The first kappa shape index (κ1) is 17.6. The molecule has 0 spiro atoms. The lowest BCUT2D eigenvalue weighted by molar-refractivity contribution is 0.0981. The maximum absolute atomic E-state index is 13.5. The van der Waals surface area contributed by atoms with E-state index in [0.29, 0.717) is 15.7 Å². The fraction of sp³-hybridized carbons (Fsp3) is 0.300.